The third-order valence-corrected chi connectivity index (χ3v) is 2.20. The van der Waals surface area contributed by atoms with E-state index in [2.05, 4.69) is 27.5 Å². The van der Waals surface area contributed by atoms with Crippen molar-refractivity contribution in [3.05, 3.63) is 47.3 Å². The number of rotatable bonds is 1. The predicted molar refractivity (Wildman–Crippen MR) is 43.8 cm³/mol. The van der Waals surface area contributed by atoms with Gasteiger partial charge in [-0.05, 0) is 5.56 Å². The number of fused-ring (bicyclic) bond motifs is 1. The molecule has 3 heteroatoms. The van der Waals surface area contributed by atoms with Gasteiger partial charge in [-0.25, -0.2) is 0 Å². The van der Waals surface area contributed by atoms with Crippen LogP contribution in [0.3, 0.4) is 0 Å². The number of H-pyrrole nitrogens is 1. The molecule has 0 bridgehead atoms. The maximum Gasteiger partial charge on any atom is 0.100 e. The topological polar surface area (TPSA) is 41.6 Å². The molecule has 1 N–H and O–H groups in total. The lowest BCUT2D eigenvalue weighted by atomic mass is 10.1. The third kappa shape index (κ3) is 0.652. The van der Waals surface area contributed by atoms with Gasteiger partial charge >= 0.3 is 0 Å². The van der Waals surface area contributed by atoms with Crippen molar-refractivity contribution in [3.8, 4) is 0 Å². The van der Waals surface area contributed by atoms with Crippen molar-refractivity contribution in [2.24, 2.45) is 0 Å². The van der Waals surface area contributed by atoms with E-state index >= 15 is 0 Å². The van der Waals surface area contributed by atoms with Crippen LogP contribution >= 0.6 is 0 Å². The van der Waals surface area contributed by atoms with Gasteiger partial charge in [-0.2, -0.15) is 15.4 Å². The molecule has 0 atom stereocenters. The lowest BCUT2D eigenvalue weighted by molar-refractivity contribution is 0.855. The Balaban J connectivity index is 2.01. The lowest BCUT2D eigenvalue weighted by Crippen LogP contribution is -1.86. The Morgan fingerprint density at radius 1 is 1.00 bits per heavy atom. The minimum atomic E-state index is 0.382. The van der Waals surface area contributed by atoms with Crippen LogP contribution in [0.15, 0.2) is 30.3 Å². The molecular weight excluding hydrogens is 150 g/mol. The van der Waals surface area contributed by atoms with Gasteiger partial charge in [0.15, 0.2) is 0 Å². The minimum absolute atomic E-state index is 0.382. The summed E-state index contributed by atoms with van der Waals surface area (Å²) in [6, 6.07) is 10.3. The average molecular weight is 157 g/mol. The Labute approximate surface area is 69.4 Å². The first-order valence-corrected chi connectivity index (χ1v) is 3.92. The Morgan fingerprint density at radius 3 is 2.33 bits per heavy atom. The summed E-state index contributed by atoms with van der Waals surface area (Å²) < 4.78 is 0. The van der Waals surface area contributed by atoms with Crippen LogP contribution in [0.5, 0.6) is 0 Å². The second-order valence-electron chi connectivity index (χ2n) is 2.94. The number of nitrogens with zero attached hydrogens (tertiary/aromatic N) is 2. The van der Waals surface area contributed by atoms with Gasteiger partial charge < -0.3 is 0 Å². The van der Waals surface area contributed by atoms with Crippen LogP contribution in [0, 0.1) is 0 Å². The second-order valence-corrected chi connectivity index (χ2v) is 2.94. The highest BCUT2D eigenvalue weighted by Crippen LogP contribution is 2.44. The molecule has 2 aromatic rings. The van der Waals surface area contributed by atoms with Gasteiger partial charge in [-0.1, -0.05) is 30.3 Å². The van der Waals surface area contributed by atoms with Gasteiger partial charge in [0.05, 0.1) is 5.92 Å². The fraction of sp³-hybridized carbons (Fsp3) is 0.111. The lowest BCUT2D eigenvalue weighted by Gasteiger charge is -1.94. The highest BCUT2D eigenvalue weighted by atomic mass is 15.4. The van der Waals surface area contributed by atoms with E-state index in [1.807, 2.05) is 18.2 Å². The number of benzene rings is 1. The van der Waals surface area contributed by atoms with Crippen LogP contribution in [-0.4, -0.2) is 15.4 Å². The maximum atomic E-state index is 4.03. The summed E-state index contributed by atoms with van der Waals surface area (Å²) >= 11 is 0. The Bertz CT molecular complexity index is 386. The van der Waals surface area contributed by atoms with Gasteiger partial charge in [-0.3, -0.25) is 0 Å². The Morgan fingerprint density at radius 2 is 1.67 bits per heavy atom. The van der Waals surface area contributed by atoms with Gasteiger partial charge in [0, 0.05) is 0 Å². The van der Waals surface area contributed by atoms with E-state index in [-0.39, 0.29) is 0 Å². The number of nitrogens with one attached hydrogen (secondary N) is 1. The molecule has 3 rings (SSSR count). The standard InChI is InChI=1S/C9H7N3/c1-2-4-6(5-3-1)7-8-9(7)11-12-10-8/h1-5,7H,(H,10,11,12). The molecule has 1 aromatic heterocycles. The van der Waals surface area contributed by atoms with Crippen LogP contribution in [0.25, 0.3) is 0 Å². The molecule has 1 aliphatic carbocycles. The third-order valence-electron chi connectivity index (χ3n) is 2.20. The quantitative estimate of drug-likeness (QED) is 0.578. The molecule has 12 heavy (non-hydrogen) atoms. The predicted octanol–water partition coefficient (Wildman–Crippen LogP) is 1.30. The summed E-state index contributed by atoms with van der Waals surface area (Å²) in [5.74, 6) is 0.382. The molecule has 1 aliphatic rings. The van der Waals surface area contributed by atoms with Gasteiger partial charge in [-0.15, -0.1) is 0 Å². The summed E-state index contributed by atoms with van der Waals surface area (Å²) in [5, 5.41) is 10.7. The fourth-order valence-electron chi connectivity index (χ4n) is 1.54. The summed E-state index contributed by atoms with van der Waals surface area (Å²) in [6.45, 7) is 0. The summed E-state index contributed by atoms with van der Waals surface area (Å²) in [4.78, 5) is 0. The molecule has 1 aromatic carbocycles. The molecular formula is C9H7N3. The largest absolute Gasteiger partial charge is 0.197 e. The Hall–Kier alpha value is -1.64. The zero-order valence-electron chi connectivity index (χ0n) is 6.36. The van der Waals surface area contributed by atoms with E-state index in [0.29, 0.717) is 5.92 Å². The van der Waals surface area contributed by atoms with Crippen molar-refractivity contribution in [1.82, 2.24) is 15.4 Å². The second kappa shape index (κ2) is 1.94. The van der Waals surface area contributed by atoms with E-state index in [0.717, 1.165) is 11.4 Å². The zero-order valence-corrected chi connectivity index (χ0v) is 6.36. The van der Waals surface area contributed by atoms with E-state index in [9.17, 15) is 0 Å². The van der Waals surface area contributed by atoms with Crippen molar-refractivity contribution < 1.29 is 0 Å². The molecule has 0 spiro atoms. The Kier molecular flexibility index (Phi) is 0.961. The molecule has 58 valence electrons. The molecule has 0 amide bonds. The number of hydrogen-bond donors (Lipinski definition) is 1. The van der Waals surface area contributed by atoms with E-state index in [4.69, 9.17) is 0 Å². The van der Waals surface area contributed by atoms with Crippen LogP contribution in [0.1, 0.15) is 22.9 Å². The first-order chi connectivity index (χ1) is 5.97. The summed E-state index contributed by atoms with van der Waals surface area (Å²) in [7, 11) is 0. The molecule has 0 aliphatic heterocycles. The first-order valence-electron chi connectivity index (χ1n) is 3.92. The van der Waals surface area contributed by atoms with Crippen molar-refractivity contribution in [2.45, 2.75) is 5.92 Å². The van der Waals surface area contributed by atoms with Crippen LogP contribution in [0.2, 0.25) is 0 Å². The highest BCUT2D eigenvalue weighted by Gasteiger charge is 2.39. The SMILES string of the molecule is c1ccc(C2c3n[nH]nc32)cc1. The van der Waals surface area contributed by atoms with Gasteiger partial charge in [0.2, 0.25) is 0 Å². The van der Waals surface area contributed by atoms with E-state index in [1.54, 1.807) is 0 Å². The number of aromatic nitrogens is 3. The van der Waals surface area contributed by atoms with Crippen molar-refractivity contribution in [3.63, 3.8) is 0 Å². The van der Waals surface area contributed by atoms with Crippen molar-refractivity contribution in [1.29, 1.82) is 0 Å². The molecule has 0 saturated carbocycles. The smallest absolute Gasteiger partial charge is 0.100 e. The van der Waals surface area contributed by atoms with E-state index in [1.165, 1.54) is 5.56 Å². The molecule has 0 saturated heterocycles. The average Bonchev–Trinajstić information content (AvgIpc) is 2.62. The normalized spacial score (nSPS) is 14.3. The molecule has 1 heterocycles. The first kappa shape index (κ1) is 5.94. The fourth-order valence-corrected chi connectivity index (χ4v) is 1.54. The monoisotopic (exact) mass is 157 g/mol. The summed E-state index contributed by atoms with van der Waals surface area (Å²) in [5.41, 5.74) is 3.49. The van der Waals surface area contributed by atoms with Crippen LogP contribution < -0.4 is 0 Å². The highest BCUT2D eigenvalue weighted by molar-refractivity contribution is 5.51. The molecule has 0 unspecified atom stereocenters. The number of hydrogen-bond acceptors (Lipinski definition) is 2. The van der Waals surface area contributed by atoms with Crippen LogP contribution in [-0.2, 0) is 0 Å². The van der Waals surface area contributed by atoms with E-state index < -0.39 is 0 Å². The number of aromatic amines is 1. The summed E-state index contributed by atoms with van der Waals surface area (Å²) in [6.07, 6.45) is 0. The molecule has 0 fully saturated rings. The van der Waals surface area contributed by atoms with Gasteiger partial charge in [0.1, 0.15) is 11.4 Å². The van der Waals surface area contributed by atoms with Crippen molar-refractivity contribution in [2.75, 3.05) is 0 Å². The van der Waals surface area contributed by atoms with Crippen LogP contribution in [0.4, 0.5) is 0 Å². The van der Waals surface area contributed by atoms with Crippen molar-refractivity contribution >= 4 is 0 Å². The minimum Gasteiger partial charge on any atom is -0.197 e. The molecule has 0 radical (unpaired) electrons. The zero-order chi connectivity index (χ0) is 7.97. The molecule has 3 nitrogen and oxygen atoms in total. The maximum absolute atomic E-state index is 4.03. The van der Waals surface area contributed by atoms with Gasteiger partial charge in [0.25, 0.3) is 0 Å².